The van der Waals surface area contributed by atoms with Crippen molar-refractivity contribution in [2.24, 2.45) is 5.10 Å². The molecule has 2 aromatic carbocycles. The summed E-state index contributed by atoms with van der Waals surface area (Å²) in [6.45, 7) is 1.83. The van der Waals surface area contributed by atoms with Crippen molar-refractivity contribution in [2.45, 2.75) is 6.92 Å². The average molecular weight is 355 g/mol. The second kappa shape index (κ2) is 7.43. The van der Waals surface area contributed by atoms with Gasteiger partial charge in [-0.05, 0) is 42.3 Å². The smallest absolute Gasteiger partial charge is 0.267 e. The van der Waals surface area contributed by atoms with Crippen molar-refractivity contribution in [3.63, 3.8) is 0 Å². The van der Waals surface area contributed by atoms with Crippen molar-refractivity contribution in [3.8, 4) is 11.1 Å². The molecule has 3 aromatic rings. The number of benzene rings is 2. The van der Waals surface area contributed by atoms with E-state index in [1.54, 1.807) is 12.1 Å². The Kier molecular flexibility index (Phi) is 5.08. The Hall–Kier alpha value is -2.43. The summed E-state index contributed by atoms with van der Waals surface area (Å²) < 4.78 is 0.697. The summed E-state index contributed by atoms with van der Waals surface area (Å²) in [5, 5.41) is 4.13. The van der Waals surface area contributed by atoms with Crippen LogP contribution in [0.2, 0.25) is 4.34 Å². The fraction of sp³-hybridized carbons (Fsp3) is 0.0526. The molecule has 0 saturated carbocycles. The fourth-order valence-corrected chi connectivity index (χ4v) is 3.20. The van der Waals surface area contributed by atoms with Crippen LogP contribution in [0.4, 0.5) is 0 Å². The van der Waals surface area contributed by atoms with Crippen molar-refractivity contribution >= 4 is 34.6 Å². The topological polar surface area (TPSA) is 41.5 Å². The molecule has 120 valence electrons. The van der Waals surface area contributed by atoms with Gasteiger partial charge >= 0.3 is 0 Å². The van der Waals surface area contributed by atoms with Gasteiger partial charge in [-0.2, -0.15) is 5.10 Å². The van der Waals surface area contributed by atoms with Crippen molar-refractivity contribution in [3.05, 3.63) is 81.5 Å². The predicted octanol–water partition coefficient (Wildman–Crippen LogP) is 5.22. The maximum Gasteiger partial charge on any atom is 0.271 e. The minimum atomic E-state index is -0.239. The first-order chi connectivity index (χ1) is 11.6. The minimum absolute atomic E-state index is 0.239. The van der Waals surface area contributed by atoms with E-state index < -0.39 is 0 Å². The standard InChI is InChI=1S/C19H15ClN2OS/c1-13(17-11-12-18(20)24-17)21-22-19(23)16-9-7-15(8-10-16)14-5-3-2-4-6-14/h2-12H,1H3,(H,22,23)/b21-13+. The summed E-state index contributed by atoms with van der Waals surface area (Å²) in [4.78, 5) is 13.1. The van der Waals surface area contributed by atoms with Gasteiger partial charge in [-0.25, -0.2) is 5.43 Å². The van der Waals surface area contributed by atoms with E-state index in [4.69, 9.17) is 11.6 Å². The van der Waals surface area contributed by atoms with Crippen LogP contribution in [0, 0.1) is 0 Å². The van der Waals surface area contributed by atoms with E-state index in [9.17, 15) is 4.79 Å². The van der Waals surface area contributed by atoms with Gasteiger partial charge in [0.15, 0.2) is 0 Å². The number of hydrogen-bond donors (Lipinski definition) is 1. The second-order valence-electron chi connectivity index (χ2n) is 5.19. The molecular formula is C19H15ClN2OS. The number of rotatable bonds is 4. The lowest BCUT2D eigenvalue weighted by atomic mass is 10.0. The van der Waals surface area contributed by atoms with E-state index in [-0.39, 0.29) is 5.91 Å². The summed E-state index contributed by atoms with van der Waals surface area (Å²) in [6, 6.07) is 21.2. The Balaban J connectivity index is 1.69. The maximum atomic E-state index is 12.2. The number of carbonyl (C=O) groups is 1. The van der Waals surface area contributed by atoms with Gasteiger partial charge < -0.3 is 0 Å². The lowest BCUT2D eigenvalue weighted by molar-refractivity contribution is 0.0955. The molecular weight excluding hydrogens is 340 g/mol. The fourth-order valence-electron chi connectivity index (χ4n) is 2.21. The molecule has 1 N–H and O–H groups in total. The van der Waals surface area contributed by atoms with Gasteiger partial charge in [0.05, 0.1) is 14.9 Å². The highest BCUT2D eigenvalue weighted by Crippen LogP contribution is 2.22. The Morgan fingerprint density at radius 2 is 1.62 bits per heavy atom. The second-order valence-corrected chi connectivity index (χ2v) is 6.90. The SMILES string of the molecule is C/C(=N\NC(=O)c1ccc(-c2ccccc2)cc1)c1ccc(Cl)s1. The van der Waals surface area contributed by atoms with Gasteiger partial charge in [0.1, 0.15) is 0 Å². The molecule has 24 heavy (non-hydrogen) atoms. The van der Waals surface area contributed by atoms with Gasteiger partial charge in [-0.15, -0.1) is 11.3 Å². The predicted molar refractivity (Wildman–Crippen MR) is 101 cm³/mol. The van der Waals surface area contributed by atoms with Gasteiger partial charge in [-0.1, -0.05) is 54.1 Å². The molecule has 1 heterocycles. The molecule has 0 bridgehead atoms. The molecule has 0 atom stereocenters. The van der Waals surface area contributed by atoms with Crippen LogP contribution < -0.4 is 5.43 Å². The number of amides is 1. The van der Waals surface area contributed by atoms with Crippen LogP contribution in [0.15, 0.2) is 71.8 Å². The molecule has 0 aliphatic rings. The first-order valence-electron chi connectivity index (χ1n) is 7.39. The third-order valence-electron chi connectivity index (χ3n) is 3.51. The molecule has 3 nitrogen and oxygen atoms in total. The molecule has 5 heteroatoms. The zero-order valence-electron chi connectivity index (χ0n) is 13.0. The Morgan fingerprint density at radius 1 is 0.958 bits per heavy atom. The zero-order chi connectivity index (χ0) is 16.9. The number of nitrogens with one attached hydrogen (secondary N) is 1. The van der Waals surface area contributed by atoms with Gasteiger partial charge in [0, 0.05) is 5.56 Å². The van der Waals surface area contributed by atoms with Gasteiger partial charge in [0.25, 0.3) is 5.91 Å². The lowest BCUT2D eigenvalue weighted by Crippen LogP contribution is -2.19. The first kappa shape index (κ1) is 16.4. The maximum absolute atomic E-state index is 12.2. The van der Waals surface area contributed by atoms with Gasteiger partial charge in [0.2, 0.25) is 0 Å². The highest BCUT2D eigenvalue weighted by atomic mass is 35.5. The largest absolute Gasteiger partial charge is 0.271 e. The monoisotopic (exact) mass is 354 g/mol. The molecule has 0 spiro atoms. The van der Waals surface area contributed by atoms with Crippen LogP contribution >= 0.6 is 22.9 Å². The van der Waals surface area contributed by atoms with Crippen LogP contribution in [0.1, 0.15) is 22.2 Å². The number of hydrazone groups is 1. The lowest BCUT2D eigenvalue weighted by Gasteiger charge is -2.04. The molecule has 0 aliphatic carbocycles. The minimum Gasteiger partial charge on any atom is -0.267 e. The highest BCUT2D eigenvalue weighted by molar-refractivity contribution is 7.18. The molecule has 0 saturated heterocycles. The molecule has 1 aromatic heterocycles. The quantitative estimate of drug-likeness (QED) is 0.506. The molecule has 1 amide bonds. The number of hydrogen-bond acceptors (Lipinski definition) is 3. The number of carbonyl (C=O) groups excluding carboxylic acids is 1. The van der Waals surface area contributed by atoms with E-state index in [0.29, 0.717) is 9.90 Å². The van der Waals surface area contributed by atoms with E-state index in [1.165, 1.54) is 11.3 Å². The number of nitrogens with zero attached hydrogens (tertiary/aromatic N) is 1. The number of halogens is 1. The third-order valence-corrected chi connectivity index (χ3v) is 4.85. The van der Waals surface area contributed by atoms with Gasteiger partial charge in [-0.3, -0.25) is 4.79 Å². The molecule has 0 radical (unpaired) electrons. The third kappa shape index (κ3) is 3.91. The van der Waals surface area contributed by atoms with E-state index in [1.807, 2.05) is 61.5 Å². The van der Waals surface area contributed by atoms with Crippen LogP contribution in [0.25, 0.3) is 11.1 Å². The van der Waals surface area contributed by atoms with E-state index >= 15 is 0 Å². The van der Waals surface area contributed by atoms with E-state index in [0.717, 1.165) is 21.7 Å². The van der Waals surface area contributed by atoms with Crippen molar-refractivity contribution in [1.29, 1.82) is 0 Å². The summed E-state index contributed by atoms with van der Waals surface area (Å²) in [6.07, 6.45) is 0. The van der Waals surface area contributed by atoms with Crippen molar-refractivity contribution in [1.82, 2.24) is 5.43 Å². The van der Waals surface area contributed by atoms with Crippen molar-refractivity contribution in [2.75, 3.05) is 0 Å². The van der Waals surface area contributed by atoms with Crippen LogP contribution in [-0.2, 0) is 0 Å². The Labute approximate surface area is 149 Å². The highest BCUT2D eigenvalue weighted by Gasteiger charge is 2.06. The summed E-state index contributed by atoms with van der Waals surface area (Å²) in [7, 11) is 0. The Bertz CT molecular complexity index is 870. The molecule has 0 fully saturated rings. The van der Waals surface area contributed by atoms with Crippen molar-refractivity contribution < 1.29 is 4.79 Å². The summed E-state index contributed by atoms with van der Waals surface area (Å²) >= 11 is 7.33. The summed E-state index contributed by atoms with van der Waals surface area (Å²) in [5.74, 6) is -0.239. The average Bonchev–Trinajstić information content (AvgIpc) is 3.07. The zero-order valence-corrected chi connectivity index (χ0v) is 14.6. The first-order valence-corrected chi connectivity index (χ1v) is 8.59. The molecule has 3 rings (SSSR count). The van der Waals surface area contributed by atoms with Crippen LogP contribution in [-0.4, -0.2) is 11.6 Å². The van der Waals surface area contributed by atoms with E-state index in [2.05, 4.69) is 10.5 Å². The normalized spacial score (nSPS) is 11.3. The molecule has 0 unspecified atom stereocenters. The molecule has 0 aliphatic heterocycles. The Morgan fingerprint density at radius 3 is 2.25 bits per heavy atom. The van der Waals surface area contributed by atoms with Crippen LogP contribution in [0.5, 0.6) is 0 Å². The van der Waals surface area contributed by atoms with Crippen LogP contribution in [0.3, 0.4) is 0 Å². The number of thiophene rings is 1. The summed E-state index contributed by atoms with van der Waals surface area (Å²) in [5.41, 5.74) is 6.05.